The fraction of sp³-hybridized carbons (Fsp3) is 0.0833. The Morgan fingerprint density at radius 2 is 2.10 bits per heavy atom. The van der Waals surface area contributed by atoms with E-state index in [1.807, 2.05) is 0 Å². The van der Waals surface area contributed by atoms with Gasteiger partial charge in [-0.3, -0.25) is 0 Å². The monoisotopic (exact) mass is 345 g/mol. The smallest absolute Gasteiger partial charge is 0.355 e. The molecule has 3 N–H and O–H groups in total. The molecule has 0 aliphatic heterocycles. The molecule has 1 aromatic carbocycles. The van der Waals surface area contributed by atoms with Gasteiger partial charge in [0.1, 0.15) is 5.01 Å². The molecule has 1 heterocycles. The van der Waals surface area contributed by atoms with E-state index in [9.17, 15) is 9.59 Å². The van der Waals surface area contributed by atoms with E-state index in [1.54, 1.807) is 12.1 Å². The van der Waals surface area contributed by atoms with E-state index in [0.29, 0.717) is 20.7 Å². The van der Waals surface area contributed by atoms with E-state index in [4.69, 9.17) is 28.3 Å². The summed E-state index contributed by atoms with van der Waals surface area (Å²) in [5.74, 6) is -1.10. The van der Waals surface area contributed by atoms with Crippen LogP contribution in [0.25, 0.3) is 0 Å². The molecule has 0 unspecified atom stereocenters. The molecule has 2 rings (SSSR count). The molecule has 0 fully saturated rings. The summed E-state index contributed by atoms with van der Waals surface area (Å²) < 4.78 is 0. The molecule has 0 saturated carbocycles. The van der Waals surface area contributed by atoms with Crippen molar-refractivity contribution < 1.29 is 14.7 Å². The summed E-state index contributed by atoms with van der Waals surface area (Å²) in [7, 11) is 0. The standard InChI is InChI=1S/C12H9Cl2N3O3S/c13-6-1-2-8(7(14)3-6)17-12(20)15-4-10-16-9(5-21-10)11(18)19/h1-3,5H,4H2,(H,18,19)(H2,15,17,20). The van der Waals surface area contributed by atoms with Crippen LogP contribution in [0, 0.1) is 0 Å². The number of carboxylic acids is 1. The Balaban J connectivity index is 1.91. The van der Waals surface area contributed by atoms with E-state index in [-0.39, 0.29) is 12.2 Å². The second-order valence-electron chi connectivity index (χ2n) is 3.86. The Labute approximate surface area is 133 Å². The lowest BCUT2D eigenvalue weighted by atomic mass is 10.3. The molecule has 0 radical (unpaired) electrons. The van der Waals surface area contributed by atoms with Gasteiger partial charge in [0, 0.05) is 10.4 Å². The molecule has 0 spiro atoms. The van der Waals surface area contributed by atoms with Crippen LogP contribution in [-0.2, 0) is 6.54 Å². The van der Waals surface area contributed by atoms with E-state index in [1.165, 1.54) is 11.4 Å². The molecule has 0 aliphatic carbocycles. The summed E-state index contributed by atoms with van der Waals surface area (Å²) >= 11 is 12.8. The third-order valence-electron chi connectivity index (χ3n) is 2.35. The highest BCUT2D eigenvalue weighted by Crippen LogP contribution is 2.25. The lowest BCUT2D eigenvalue weighted by Crippen LogP contribution is -2.28. The summed E-state index contributed by atoms with van der Waals surface area (Å²) in [4.78, 5) is 26.2. The topological polar surface area (TPSA) is 91.3 Å². The minimum absolute atomic E-state index is 0.0436. The lowest BCUT2D eigenvalue weighted by Gasteiger charge is -2.08. The molecule has 0 saturated heterocycles. The highest BCUT2D eigenvalue weighted by Gasteiger charge is 2.10. The van der Waals surface area contributed by atoms with Crippen molar-refractivity contribution in [2.45, 2.75) is 6.54 Å². The zero-order chi connectivity index (χ0) is 15.4. The van der Waals surface area contributed by atoms with Gasteiger partial charge in [-0.25, -0.2) is 14.6 Å². The molecule has 2 aromatic rings. The largest absolute Gasteiger partial charge is 0.476 e. The Kier molecular flexibility index (Phi) is 5.00. The van der Waals surface area contributed by atoms with Crippen molar-refractivity contribution in [3.63, 3.8) is 0 Å². The molecular weight excluding hydrogens is 337 g/mol. The fourth-order valence-corrected chi connectivity index (χ4v) is 2.57. The van der Waals surface area contributed by atoms with Crippen molar-refractivity contribution >= 4 is 52.2 Å². The quantitative estimate of drug-likeness (QED) is 0.791. The number of nitrogens with zero attached hydrogens (tertiary/aromatic N) is 1. The van der Waals surface area contributed by atoms with Crippen LogP contribution < -0.4 is 10.6 Å². The number of urea groups is 1. The number of aromatic carboxylic acids is 1. The van der Waals surface area contributed by atoms with Gasteiger partial charge < -0.3 is 15.7 Å². The van der Waals surface area contributed by atoms with Crippen LogP contribution in [0.15, 0.2) is 23.6 Å². The van der Waals surface area contributed by atoms with Crippen LogP contribution in [0.2, 0.25) is 10.0 Å². The van der Waals surface area contributed by atoms with Gasteiger partial charge >= 0.3 is 12.0 Å². The number of carboxylic acid groups (broad SMARTS) is 1. The van der Waals surface area contributed by atoms with Crippen LogP contribution in [0.5, 0.6) is 0 Å². The molecule has 1 aromatic heterocycles. The van der Waals surface area contributed by atoms with Crippen molar-refractivity contribution in [1.82, 2.24) is 10.3 Å². The van der Waals surface area contributed by atoms with Gasteiger partial charge in [0.2, 0.25) is 0 Å². The predicted molar refractivity (Wildman–Crippen MR) is 81.4 cm³/mol. The minimum atomic E-state index is -1.10. The predicted octanol–water partition coefficient (Wildman–Crippen LogP) is 3.47. The van der Waals surface area contributed by atoms with Gasteiger partial charge in [-0.05, 0) is 18.2 Å². The first-order chi connectivity index (χ1) is 9.95. The maximum absolute atomic E-state index is 11.7. The highest BCUT2D eigenvalue weighted by atomic mass is 35.5. The van der Waals surface area contributed by atoms with Gasteiger partial charge in [-0.2, -0.15) is 0 Å². The maximum Gasteiger partial charge on any atom is 0.355 e. The van der Waals surface area contributed by atoms with Crippen LogP contribution in [-0.4, -0.2) is 22.1 Å². The molecule has 0 bridgehead atoms. The molecule has 110 valence electrons. The van der Waals surface area contributed by atoms with Crippen LogP contribution >= 0.6 is 34.5 Å². The van der Waals surface area contributed by atoms with Crippen molar-refractivity contribution in [3.8, 4) is 0 Å². The number of rotatable bonds is 4. The zero-order valence-electron chi connectivity index (χ0n) is 10.4. The molecular formula is C12H9Cl2N3O3S. The van der Waals surface area contributed by atoms with Crippen LogP contribution in [0.4, 0.5) is 10.5 Å². The van der Waals surface area contributed by atoms with Crippen molar-refractivity contribution in [1.29, 1.82) is 0 Å². The van der Waals surface area contributed by atoms with Gasteiger partial charge in [0.15, 0.2) is 5.69 Å². The summed E-state index contributed by atoms with van der Waals surface area (Å²) in [5.41, 5.74) is 0.377. The Morgan fingerprint density at radius 1 is 1.33 bits per heavy atom. The second kappa shape index (κ2) is 6.75. The number of nitrogens with one attached hydrogen (secondary N) is 2. The lowest BCUT2D eigenvalue weighted by molar-refractivity contribution is 0.0691. The SMILES string of the molecule is O=C(NCc1nc(C(=O)O)cs1)Nc1ccc(Cl)cc1Cl. The Morgan fingerprint density at radius 3 is 2.71 bits per heavy atom. The first kappa shape index (κ1) is 15.6. The molecule has 0 atom stereocenters. The number of amides is 2. The maximum atomic E-state index is 11.7. The summed E-state index contributed by atoms with van der Waals surface area (Å²) in [5, 5.41) is 16.5. The van der Waals surface area contributed by atoms with E-state index < -0.39 is 12.0 Å². The molecule has 21 heavy (non-hydrogen) atoms. The van der Waals surface area contributed by atoms with E-state index in [2.05, 4.69) is 15.6 Å². The number of thiazole rings is 1. The van der Waals surface area contributed by atoms with Gasteiger partial charge in [0.05, 0.1) is 17.3 Å². The Bertz CT molecular complexity index is 690. The number of aromatic nitrogens is 1. The average Bonchev–Trinajstić information content (AvgIpc) is 2.89. The van der Waals surface area contributed by atoms with Gasteiger partial charge in [0.25, 0.3) is 0 Å². The van der Waals surface area contributed by atoms with Gasteiger partial charge in [-0.1, -0.05) is 23.2 Å². The number of halogens is 2. The zero-order valence-corrected chi connectivity index (χ0v) is 12.7. The summed E-state index contributed by atoms with van der Waals surface area (Å²) in [6, 6.07) is 4.21. The number of hydrogen-bond donors (Lipinski definition) is 3. The van der Waals surface area contributed by atoms with E-state index in [0.717, 1.165) is 11.3 Å². The number of benzene rings is 1. The van der Waals surface area contributed by atoms with Gasteiger partial charge in [-0.15, -0.1) is 11.3 Å². The molecule has 6 nitrogen and oxygen atoms in total. The third-order valence-corrected chi connectivity index (χ3v) is 3.75. The number of anilines is 1. The van der Waals surface area contributed by atoms with Crippen molar-refractivity contribution in [3.05, 3.63) is 44.3 Å². The number of hydrogen-bond acceptors (Lipinski definition) is 4. The van der Waals surface area contributed by atoms with Crippen LogP contribution in [0.3, 0.4) is 0 Å². The summed E-state index contributed by atoms with van der Waals surface area (Å²) in [6.07, 6.45) is 0. The van der Waals surface area contributed by atoms with Crippen LogP contribution in [0.1, 0.15) is 15.5 Å². The summed E-state index contributed by atoms with van der Waals surface area (Å²) in [6.45, 7) is 0.120. The number of carbonyl (C=O) groups is 2. The van der Waals surface area contributed by atoms with Crippen molar-refractivity contribution in [2.24, 2.45) is 0 Å². The number of carbonyl (C=O) groups excluding carboxylic acids is 1. The molecule has 0 aliphatic rings. The second-order valence-corrected chi connectivity index (χ2v) is 5.65. The third kappa shape index (κ3) is 4.32. The first-order valence-corrected chi connectivity index (χ1v) is 7.27. The normalized spacial score (nSPS) is 10.2. The molecule has 2 amide bonds. The average molecular weight is 346 g/mol. The Hall–Kier alpha value is -1.83. The van der Waals surface area contributed by atoms with Crippen molar-refractivity contribution in [2.75, 3.05) is 5.32 Å². The minimum Gasteiger partial charge on any atom is -0.476 e. The fourth-order valence-electron chi connectivity index (χ4n) is 1.40. The van der Waals surface area contributed by atoms with E-state index >= 15 is 0 Å². The molecule has 9 heteroatoms. The first-order valence-electron chi connectivity index (χ1n) is 5.63. The highest BCUT2D eigenvalue weighted by molar-refractivity contribution is 7.09.